The number of phenols is 1. The van der Waals surface area contributed by atoms with Crippen LogP contribution in [-0.2, 0) is 11.2 Å². The summed E-state index contributed by atoms with van der Waals surface area (Å²) in [5, 5.41) is 11.7. The molecule has 2 rings (SSSR count). The van der Waals surface area contributed by atoms with E-state index in [9.17, 15) is 14.3 Å². The summed E-state index contributed by atoms with van der Waals surface area (Å²) in [5.41, 5.74) is 0.607. The van der Waals surface area contributed by atoms with Gasteiger partial charge in [0.05, 0.1) is 5.69 Å². The van der Waals surface area contributed by atoms with Crippen LogP contribution in [0, 0.1) is 5.82 Å². The highest BCUT2D eigenvalue weighted by Gasteiger charge is 2.20. The first-order valence-electron chi connectivity index (χ1n) is 3.98. The summed E-state index contributed by atoms with van der Waals surface area (Å²) >= 11 is 0. The van der Waals surface area contributed by atoms with Crippen molar-refractivity contribution in [1.29, 1.82) is 0 Å². The minimum atomic E-state index is -0.499. The number of hydrogen-bond donors (Lipinski definition) is 2. The maximum absolute atomic E-state index is 13.1. The molecule has 0 fully saturated rings. The SMILES string of the molecule is O=C1CCc2c(O)ccc(F)c2N1. The Morgan fingerprint density at radius 1 is 1.38 bits per heavy atom. The molecule has 0 aromatic heterocycles. The van der Waals surface area contributed by atoms with Crippen LogP contribution in [0.15, 0.2) is 12.1 Å². The number of halogens is 1. The number of rotatable bonds is 0. The molecule has 4 heteroatoms. The molecule has 0 unspecified atom stereocenters. The number of aromatic hydroxyl groups is 1. The fraction of sp³-hybridized carbons (Fsp3) is 0.222. The number of anilines is 1. The average molecular weight is 181 g/mol. The summed E-state index contributed by atoms with van der Waals surface area (Å²) in [4.78, 5) is 10.9. The second-order valence-corrected chi connectivity index (χ2v) is 2.97. The van der Waals surface area contributed by atoms with Crippen molar-refractivity contribution in [3.63, 3.8) is 0 Å². The Labute approximate surface area is 74.2 Å². The van der Waals surface area contributed by atoms with Gasteiger partial charge in [0.25, 0.3) is 0 Å². The Bertz CT molecular complexity index is 376. The van der Waals surface area contributed by atoms with Crippen molar-refractivity contribution < 1.29 is 14.3 Å². The highest BCUT2D eigenvalue weighted by molar-refractivity contribution is 5.94. The summed E-state index contributed by atoms with van der Waals surface area (Å²) < 4.78 is 13.1. The molecule has 1 heterocycles. The molecule has 1 aromatic rings. The first kappa shape index (κ1) is 8.04. The van der Waals surface area contributed by atoms with Gasteiger partial charge in [0.2, 0.25) is 5.91 Å². The average Bonchev–Trinajstić information content (AvgIpc) is 2.12. The van der Waals surface area contributed by atoms with Crippen LogP contribution in [0.5, 0.6) is 5.75 Å². The van der Waals surface area contributed by atoms with E-state index in [0.29, 0.717) is 18.4 Å². The molecule has 1 aliphatic heterocycles. The highest BCUT2D eigenvalue weighted by Crippen LogP contribution is 2.32. The van der Waals surface area contributed by atoms with Gasteiger partial charge >= 0.3 is 0 Å². The molecule has 3 nitrogen and oxygen atoms in total. The minimum absolute atomic E-state index is 0.0383. The monoisotopic (exact) mass is 181 g/mol. The number of amides is 1. The van der Waals surface area contributed by atoms with Crippen LogP contribution in [0.2, 0.25) is 0 Å². The zero-order chi connectivity index (χ0) is 9.42. The summed E-state index contributed by atoms with van der Waals surface area (Å²) in [7, 11) is 0. The summed E-state index contributed by atoms with van der Waals surface area (Å²) in [6, 6.07) is 2.44. The Hall–Kier alpha value is -1.58. The van der Waals surface area contributed by atoms with E-state index in [2.05, 4.69) is 5.32 Å². The summed E-state index contributed by atoms with van der Waals surface area (Å²) in [6.45, 7) is 0. The van der Waals surface area contributed by atoms with Crippen molar-refractivity contribution >= 4 is 11.6 Å². The third kappa shape index (κ3) is 1.24. The lowest BCUT2D eigenvalue weighted by Gasteiger charge is -2.17. The largest absolute Gasteiger partial charge is 0.508 e. The van der Waals surface area contributed by atoms with Gasteiger partial charge in [-0.15, -0.1) is 0 Å². The lowest BCUT2D eigenvalue weighted by molar-refractivity contribution is -0.116. The van der Waals surface area contributed by atoms with Crippen LogP contribution in [-0.4, -0.2) is 11.0 Å². The van der Waals surface area contributed by atoms with Gasteiger partial charge in [-0.1, -0.05) is 0 Å². The Morgan fingerprint density at radius 3 is 2.92 bits per heavy atom. The molecule has 0 radical (unpaired) electrons. The molecule has 0 aliphatic carbocycles. The second kappa shape index (κ2) is 2.73. The number of nitrogens with one attached hydrogen (secondary N) is 1. The van der Waals surface area contributed by atoms with Crippen LogP contribution < -0.4 is 5.32 Å². The van der Waals surface area contributed by atoms with Gasteiger partial charge in [-0.25, -0.2) is 4.39 Å². The normalized spacial score (nSPS) is 15.0. The predicted molar refractivity (Wildman–Crippen MR) is 45.0 cm³/mol. The van der Waals surface area contributed by atoms with Gasteiger partial charge in [-0.05, 0) is 18.6 Å². The Balaban J connectivity index is 2.57. The lowest BCUT2D eigenvalue weighted by atomic mass is 10.0. The summed E-state index contributed by atoms with van der Waals surface area (Å²) in [5.74, 6) is -0.672. The molecular weight excluding hydrogens is 173 g/mol. The smallest absolute Gasteiger partial charge is 0.224 e. The molecule has 1 aromatic carbocycles. The van der Waals surface area contributed by atoms with Crippen molar-refractivity contribution in [2.24, 2.45) is 0 Å². The van der Waals surface area contributed by atoms with Gasteiger partial charge in [0.15, 0.2) is 0 Å². The Morgan fingerprint density at radius 2 is 2.15 bits per heavy atom. The maximum atomic E-state index is 13.1. The number of carbonyl (C=O) groups excluding carboxylic acids is 1. The van der Waals surface area contributed by atoms with Crippen LogP contribution in [0.3, 0.4) is 0 Å². The molecule has 0 spiro atoms. The van der Waals surface area contributed by atoms with Crippen molar-refractivity contribution in [2.45, 2.75) is 12.8 Å². The van der Waals surface area contributed by atoms with Crippen LogP contribution in [0.4, 0.5) is 10.1 Å². The van der Waals surface area contributed by atoms with E-state index in [4.69, 9.17) is 0 Å². The van der Waals surface area contributed by atoms with E-state index >= 15 is 0 Å². The zero-order valence-electron chi connectivity index (χ0n) is 6.80. The first-order valence-corrected chi connectivity index (χ1v) is 3.98. The van der Waals surface area contributed by atoms with E-state index in [0.717, 1.165) is 6.07 Å². The van der Waals surface area contributed by atoms with Gasteiger partial charge in [0, 0.05) is 12.0 Å². The van der Waals surface area contributed by atoms with Crippen molar-refractivity contribution in [1.82, 2.24) is 0 Å². The number of carbonyl (C=O) groups is 1. The molecule has 1 aliphatic rings. The number of fused-ring (bicyclic) bond motifs is 1. The van der Waals surface area contributed by atoms with Crippen LogP contribution >= 0.6 is 0 Å². The first-order chi connectivity index (χ1) is 6.18. The molecule has 68 valence electrons. The van der Waals surface area contributed by atoms with Crippen molar-refractivity contribution in [3.05, 3.63) is 23.5 Å². The zero-order valence-corrected chi connectivity index (χ0v) is 6.80. The quantitative estimate of drug-likeness (QED) is 0.635. The lowest BCUT2D eigenvalue weighted by Crippen LogP contribution is -2.20. The molecule has 0 atom stereocenters. The predicted octanol–water partition coefficient (Wildman–Crippen LogP) is 1.42. The topological polar surface area (TPSA) is 49.3 Å². The molecule has 2 N–H and O–H groups in total. The minimum Gasteiger partial charge on any atom is -0.508 e. The maximum Gasteiger partial charge on any atom is 0.224 e. The van der Waals surface area contributed by atoms with Crippen molar-refractivity contribution in [3.8, 4) is 5.75 Å². The third-order valence-electron chi connectivity index (χ3n) is 2.10. The van der Waals surface area contributed by atoms with E-state index in [-0.39, 0.29) is 17.3 Å². The highest BCUT2D eigenvalue weighted by atomic mass is 19.1. The van der Waals surface area contributed by atoms with Crippen LogP contribution in [0.25, 0.3) is 0 Å². The molecular formula is C9H8FNO2. The van der Waals surface area contributed by atoms with Crippen molar-refractivity contribution in [2.75, 3.05) is 5.32 Å². The van der Waals surface area contributed by atoms with Gasteiger partial charge in [0.1, 0.15) is 11.6 Å². The van der Waals surface area contributed by atoms with Gasteiger partial charge in [-0.3, -0.25) is 4.79 Å². The summed E-state index contributed by atoms with van der Waals surface area (Å²) in [6.07, 6.45) is 0.689. The third-order valence-corrected chi connectivity index (χ3v) is 2.10. The molecule has 0 saturated heterocycles. The molecule has 13 heavy (non-hydrogen) atoms. The van der Waals surface area contributed by atoms with Gasteiger partial charge < -0.3 is 10.4 Å². The Kier molecular flexibility index (Phi) is 1.69. The van der Waals surface area contributed by atoms with E-state index in [1.54, 1.807) is 0 Å². The molecule has 1 amide bonds. The number of phenolic OH excluding ortho intramolecular Hbond substituents is 1. The number of benzene rings is 1. The fourth-order valence-electron chi connectivity index (χ4n) is 1.44. The van der Waals surface area contributed by atoms with Gasteiger partial charge in [-0.2, -0.15) is 0 Å². The second-order valence-electron chi connectivity index (χ2n) is 2.97. The molecule has 0 bridgehead atoms. The number of hydrogen-bond acceptors (Lipinski definition) is 2. The standard InChI is InChI=1S/C9H8FNO2/c10-6-2-3-7(12)5-1-4-8(13)11-9(5)6/h2-3,12H,1,4H2,(H,11,13). The van der Waals surface area contributed by atoms with E-state index < -0.39 is 5.82 Å². The van der Waals surface area contributed by atoms with E-state index in [1.165, 1.54) is 6.07 Å². The molecule has 0 saturated carbocycles. The van der Waals surface area contributed by atoms with E-state index in [1.807, 2.05) is 0 Å². The fourth-order valence-corrected chi connectivity index (χ4v) is 1.44. The van der Waals surface area contributed by atoms with Crippen LogP contribution in [0.1, 0.15) is 12.0 Å².